The molecule has 0 saturated heterocycles. The van der Waals surface area contributed by atoms with E-state index in [0.717, 1.165) is 18.4 Å². The fourth-order valence-corrected chi connectivity index (χ4v) is 3.49. The lowest BCUT2D eigenvalue weighted by atomic mass is 10.1. The van der Waals surface area contributed by atoms with Crippen LogP contribution < -0.4 is 10.7 Å². The van der Waals surface area contributed by atoms with Crippen molar-refractivity contribution < 1.29 is 13.2 Å². The molecule has 0 fully saturated rings. The monoisotopic (exact) mass is 455 g/mol. The fourth-order valence-electron chi connectivity index (χ4n) is 2.51. The van der Waals surface area contributed by atoms with E-state index >= 15 is 0 Å². The average molecular weight is 456 g/mol. The minimum Gasteiger partial charge on any atom is -0.347 e. The number of nitrogens with zero attached hydrogens (tertiary/aromatic N) is 2. The molecular weight excluding hydrogens is 434 g/mol. The number of amides is 1. The Kier molecular flexibility index (Phi) is 6.59. The van der Waals surface area contributed by atoms with Crippen LogP contribution in [0.4, 0.5) is 0 Å². The number of aromatic nitrogens is 2. The summed E-state index contributed by atoms with van der Waals surface area (Å²) >= 11 is 3.29. The largest absolute Gasteiger partial charge is 0.347 e. The van der Waals surface area contributed by atoms with Crippen LogP contribution in [0.15, 0.2) is 38.7 Å². The summed E-state index contributed by atoms with van der Waals surface area (Å²) in [5.41, 5.74) is 0.929. The number of hydrogen-bond donors (Lipinski definition) is 1. The molecule has 1 N–H and O–H groups in total. The molecule has 1 amide bonds. The van der Waals surface area contributed by atoms with Gasteiger partial charge in [0.15, 0.2) is 9.84 Å². The zero-order valence-electron chi connectivity index (χ0n) is 15.6. The van der Waals surface area contributed by atoms with Crippen molar-refractivity contribution in [1.82, 2.24) is 14.9 Å². The van der Waals surface area contributed by atoms with Gasteiger partial charge in [-0.25, -0.2) is 8.42 Å². The molecule has 0 aliphatic heterocycles. The highest BCUT2D eigenvalue weighted by atomic mass is 79.9. The van der Waals surface area contributed by atoms with Crippen molar-refractivity contribution in [1.29, 1.82) is 0 Å². The summed E-state index contributed by atoms with van der Waals surface area (Å²) in [6.07, 6.45) is 4.78. The first-order valence-corrected chi connectivity index (χ1v) is 11.1. The lowest BCUT2D eigenvalue weighted by Crippen LogP contribution is -2.31. The Labute approximate surface area is 166 Å². The molecule has 0 spiro atoms. The highest BCUT2D eigenvalue weighted by Crippen LogP contribution is 2.19. The minimum absolute atomic E-state index is 0.0422. The van der Waals surface area contributed by atoms with E-state index in [1.54, 1.807) is 6.20 Å². The topological polar surface area (TPSA) is 98.1 Å². The molecule has 0 unspecified atom stereocenters. The van der Waals surface area contributed by atoms with Crippen molar-refractivity contribution in [3.8, 4) is 0 Å². The molecule has 0 aliphatic rings. The number of carbonyl (C=O) groups is 1. The number of nitrogens with one attached hydrogen (secondary N) is 1. The number of sulfone groups is 1. The van der Waals surface area contributed by atoms with Crippen LogP contribution in [0.5, 0.6) is 0 Å². The Morgan fingerprint density at radius 1 is 1.37 bits per heavy atom. The average Bonchev–Trinajstić information content (AvgIpc) is 2.63. The number of carbonyl (C=O) groups excluding carboxylic acids is 1. The van der Waals surface area contributed by atoms with Gasteiger partial charge in [-0.3, -0.25) is 14.6 Å². The van der Waals surface area contributed by atoms with Crippen molar-refractivity contribution >= 4 is 31.7 Å². The van der Waals surface area contributed by atoms with Crippen molar-refractivity contribution in [3.05, 3.63) is 56.2 Å². The van der Waals surface area contributed by atoms with E-state index < -0.39 is 15.7 Å². The molecule has 0 aliphatic carbocycles. The third-order valence-corrected chi connectivity index (χ3v) is 6.41. The molecule has 0 bridgehead atoms. The van der Waals surface area contributed by atoms with Crippen LogP contribution in [0, 0.1) is 6.92 Å². The van der Waals surface area contributed by atoms with Gasteiger partial charge in [0.1, 0.15) is 5.56 Å². The maximum atomic E-state index is 12.5. The highest BCUT2D eigenvalue weighted by molar-refractivity contribution is 9.10. The van der Waals surface area contributed by atoms with Crippen LogP contribution in [-0.4, -0.2) is 30.1 Å². The molecule has 2 heterocycles. The maximum Gasteiger partial charge on any atom is 0.257 e. The predicted molar refractivity (Wildman–Crippen MR) is 107 cm³/mol. The molecule has 2 rings (SSSR count). The summed E-state index contributed by atoms with van der Waals surface area (Å²) < 4.78 is 25.2. The second kappa shape index (κ2) is 8.35. The van der Waals surface area contributed by atoms with Gasteiger partial charge < -0.3 is 9.88 Å². The minimum atomic E-state index is -3.32. The molecule has 2 aromatic rings. The number of halogens is 1. The second-order valence-electron chi connectivity index (χ2n) is 6.38. The van der Waals surface area contributed by atoms with Gasteiger partial charge in [0.05, 0.1) is 21.6 Å². The molecule has 146 valence electrons. The van der Waals surface area contributed by atoms with E-state index in [4.69, 9.17) is 0 Å². The third kappa shape index (κ3) is 4.84. The summed E-state index contributed by atoms with van der Waals surface area (Å²) in [7, 11) is -3.32. The Bertz CT molecular complexity index is 1010. The van der Waals surface area contributed by atoms with Crippen molar-refractivity contribution in [3.63, 3.8) is 0 Å². The summed E-state index contributed by atoms with van der Waals surface area (Å²) in [6.45, 7) is 5.95. The lowest BCUT2D eigenvalue weighted by molar-refractivity contribution is 0.0948. The van der Waals surface area contributed by atoms with Crippen LogP contribution in [-0.2, 0) is 16.4 Å². The first kappa shape index (κ1) is 21.3. The van der Waals surface area contributed by atoms with Crippen molar-refractivity contribution in [2.24, 2.45) is 0 Å². The van der Waals surface area contributed by atoms with Crippen LogP contribution in [0.2, 0.25) is 0 Å². The van der Waals surface area contributed by atoms with Crippen LogP contribution in [0.3, 0.4) is 0 Å². The molecule has 7 nitrogen and oxygen atoms in total. The quantitative estimate of drug-likeness (QED) is 0.721. The second-order valence-corrected chi connectivity index (χ2v) is 9.18. The molecule has 0 saturated carbocycles. The van der Waals surface area contributed by atoms with Gasteiger partial charge in [-0.05, 0) is 48.3 Å². The van der Waals surface area contributed by atoms with E-state index in [2.05, 4.69) is 26.2 Å². The van der Waals surface area contributed by atoms with E-state index in [1.807, 2.05) is 25.3 Å². The molecule has 2 aromatic heterocycles. The van der Waals surface area contributed by atoms with Gasteiger partial charge in [0, 0.05) is 30.4 Å². The molecule has 0 radical (unpaired) electrons. The van der Waals surface area contributed by atoms with Gasteiger partial charge in [0.25, 0.3) is 5.91 Å². The SMILES string of the molecule is CC[C@H](C)n1cc(C(=O)NCc2ccc(S(C)(=O)=O)cn2)c(=O)c(Br)c1C. The Hall–Kier alpha value is -2.00. The third-order valence-electron chi connectivity index (χ3n) is 4.38. The number of hydrogen-bond acceptors (Lipinski definition) is 5. The van der Waals surface area contributed by atoms with Crippen LogP contribution in [0.1, 0.15) is 48.1 Å². The first-order valence-electron chi connectivity index (χ1n) is 8.40. The van der Waals surface area contributed by atoms with Gasteiger partial charge in [-0.1, -0.05) is 6.92 Å². The van der Waals surface area contributed by atoms with E-state index in [1.165, 1.54) is 18.3 Å². The standard InChI is InChI=1S/C18H22BrN3O4S/c1-5-11(2)22-10-15(17(23)16(19)12(22)3)18(24)21-8-13-6-7-14(9-20-13)27(4,25)26/h6-7,9-11H,5,8H2,1-4H3,(H,21,24)/t11-/m0/s1. The summed E-state index contributed by atoms with van der Waals surface area (Å²) in [5.74, 6) is -0.508. The summed E-state index contributed by atoms with van der Waals surface area (Å²) in [6, 6.07) is 3.10. The van der Waals surface area contributed by atoms with E-state index in [9.17, 15) is 18.0 Å². The number of pyridine rings is 2. The molecular formula is C18H22BrN3O4S. The maximum absolute atomic E-state index is 12.5. The highest BCUT2D eigenvalue weighted by Gasteiger charge is 2.18. The first-order chi connectivity index (χ1) is 12.6. The fraction of sp³-hybridized carbons (Fsp3) is 0.389. The zero-order valence-corrected chi connectivity index (χ0v) is 18.0. The van der Waals surface area contributed by atoms with E-state index in [0.29, 0.717) is 10.2 Å². The van der Waals surface area contributed by atoms with Crippen molar-refractivity contribution in [2.75, 3.05) is 6.26 Å². The Morgan fingerprint density at radius 3 is 2.56 bits per heavy atom. The van der Waals surface area contributed by atoms with Crippen molar-refractivity contribution in [2.45, 2.75) is 44.7 Å². The zero-order chi connectivity index (χ0) is 20.4. The van der Waals surface area contributed by atoms with Gasteiger partial charge in [-0.15, -0.1) is 0 Å². The summed E-state index contributed by atoms with van der Waals surface area (Å²) in [4.78, 5) is 29.1. The smallest absolute Gasteiger partial charge is 0.257 e. The van der Waals surface area contributed by atoms with Gasteiger partial charge >= 0.3 is 0 Å². The normalized spacial score (nSPS) is 12.6. The van der Waals surface area contributed by atoms with Crippen LogP contribution in [0.25, 0.3) is 0 Å². The molecule has 1 atom stereocenters. The Morgan fingerprint density at radius 2 is 2.04 bits per heavy atom. The summed E-state index contributed by atoms with van der Waals surface area (Å²) in [5, 5.41) is 2.66. The lowest BCUT2D eigenvalue weighted by Gasteiger charge is -2.19. The van der Waals surface area contributed by atoms with Crippen LogP contribution >= 0.6 is 15.9 Å². The van der Waals surface area contributed by atoms with Gasteiger partial charge in [0.2, 0.25) is 5.43 Å². The molecule has 0 aromatic carbocycles. The Balaban J connectivity index is 2.23. The van der Waals surface area contributed by atoms with Gasteiger partial charge in [-0.2, -0.15) is 0 Å². The molecule has 27 heavy (non-hydrogen) atoms. The predicted octanol–water partition coefficient (Wildman–Crippen LogP) is 2.62. The number of rotatable bonds is 6. The van der Waals surface area contributed by atoms with E-state index in [-0.39, 0.29) is 28.5 Å². The molecule has 9 heteroatoms.